The Morgan fingerprint density at radius 1 is 1.03 bits per heavy atom. The molecule has 0 bridgehead atoms. The molecular formula is C27H46N3O2+. The van der Waals surface area contributed by atoms with Crippen LogP contribution < -0.4 is 5.32 Å². The van der Waals surface area contributed by atoms with E-state index in [0.717, 1.165) is 55.6 Å². The Morgan fingerprint density at radius 2 is 1.62 bits per heavy atom. The number of rotatable bonds is 9. The molecule has 1 aromatic rings. The minimum atomic E-state index is -0.150. The van der Waals surface area contributed by atoms with Gasteiger partial charge in [0.15, 0.2) is 0 Å². The van der Waals surface area contributed by atoms with Gasteiger partial charge in [-0.15, -0.1) is 0 Å². The van der Waals surface area contributed by atoms with Crippen molar-refractivity contribution in [1.29, 1.82) is 0 Å². The summed E-state index contributed by atoms with van der Waals surface area (Å²) in [7, 11) is 4.34. The fourth-order valence-corrected chi connectivity index (χ4v) is 4.37. The number of aromatic hydroxyl groups is 1. The smallest absolute Gasteiger partial charge is 0.246 e. The van der Waals surface area contributed by atoms with E-state index in [4.69, 9.17) is 0 Å². The first-order chi connectivity index (χ1) is 14.8. The number of carbonyl (C=O) groups is 1. The molecule has 0 fully saturated rings. The van der Waals surface area contributed by atoms with Crippen LogP contribution in [-0.4, -0.2) is 60.1 Å². The van der Waals surface area contributed by atoms with E-state index in [1.807, 2.05) is 0 Å². The van der Waals surface area contributed by atoms with Gasteiger partial charge in [0.1, 0.15) is 18.8 Å². The molecular weight excluding hydrogens is 398 g/mol. The van der Waals surface area contributed by atoms with Crippen molar-refractivity contribution in [2.24, 2.45) is 0 Å². The van der Waals surface area contributed by atoms with Gasteiger partial charge in [-0.1, -0.05) is 60.1 Å². The highest BCUT2D eigenvalue weighted by atomic mass is 16.3. The Labute approximate surface area is 195 Å². The van der Waals surface area contributed by atoms with Gasteiger partial charge in [0, 0.05) is 19.4 Å². The molecule has 0 aromatic heterocycles. The van der Waals surface area contributed by atoms with Crippen molar-refractivity contribution in [2.45, 2.75) is 90.9 Å². The lowest BCUT2D eigenvalue weighted by molar-refractivity contribution is -0.487. The lowest BCUT2D eigenvalue weighted by Gasteiger charge is -2.28. The highest BCUT2D eigenvalue weighted by molar-refractivity contribution is 5.78. The summed E-state index contributed by atoms with van der Waals surface area (Å²) in [4.78, 5) is 14.7. The zero-order valence-corrected chi connectivity index (χ0v) is 21.8. The van der Waals surface area contributed by atoms with Crippen molar-refractivity contribution in [1.82, 2.24) is 10.2 Å². The molecule has 0 unspecified atom stereocenters. The summed E-state index contributed by atoms with van der Waals surface area (Å²) < 4.78 is 2.35. The Morgan fingerprint density at radius 3 is 2.12 bits per heavy atom. The number of hydrogen-bond acceptors (Lipinski definition) is 3. The molecule has 5 heteroatoms. The fraction of sp³-hybridized carbons (Fsp3) is 0.704. The summed E-state index contributed by atoms with van der Waals surface area (Å²) in [5.74, 6) is 1.94. The largest absolute Gasteiger partial charge is 0.507 e. The van der Waals surface area contributed by atoms with Crippen LogP contribution in [0.5, 0.6) is 5.75 Å². The van der Waals surface area contributed by atoms with Crippen molar-refractivity contribution in [3.8, 4) is 5.75 Å². The molecule has 2 N–H and O–H groups in total. The minimum Gasteiger partial charge on any atom is -0.507 e. The molecule has 1 heterocycles. The van der Waals surface area contributed by atoms with E-state index in [1.165, 1.54) is 12.3 Å². The molecule has 0 radical (unpaired) electrons. The monoisotopic (exact) mass is 444 g/mol. The maximum Gasteiger partial charge on any atom is 0.246 e. The molecule has 0 saturated carbocycles. The maximum absolute atomic E-state index is 12.4. The van der Waals surface area contributed by atoms with Gasteiger partial charge in [-0.2, -0.15) is 0 Å². The van der Waals surface area contributed by atoms with E-state index in [2.05, 4.69) is 82.6 Å². The van der Waals surface area contributed by atoms with Crippen LogP contribution in [0.3, 0.4) is 0 Å². The summed E-state index contributed by atoms with van der Waals surface area (Å²) >= 11 is 0. The Bertz CT molecular complexity index is 793. The molecule has 0 spiro atoms. The van der Waals surface area contributed by atoms with Gasteiger partial charge in [-0.3, -0.25) is 14.3 Å². The molecule has 32 heavy (non-hydrogen) atoms. The number of aryl methyl sites for hydroxylation is 1. The standard InChI is InChI=1S/C27H45N3O2/c1-26(2,3)21-18-20(19-22(25(21)32)27(4,5)6)13-14-23(31)28-15-11-9-10-12-24-29(7)16-17-30(24)8/h18-19H,9-17H2,1-8H3,(H-,28,31,32)/p+1. The molecule has 1 aliphatic heterocycles. The Hall–Kier alpha value is -2.04. The second-order valence-electron chi connectivity index (χ2n) is 11.5. The zero-order chi connectivity index (χ0) is 24.1. The molecule has 1 aliphatic rings. The normalized spacial score (nSPS) is 14.9. The van der Waals surface area contributed by atoms with Gasteiger partial charge in [0.05, 0.1) is 14.1 Å². The van der Waals surface area contributed by atoms with Crippen molar-refractivity contribution >= 4 is 11.7 Å². The summed E-state index contributed by atoms with van der Waals surface area (Å²) in [6.07, 6.45) is 5.61. The topological polar surface area (TPSA) is 55.6 Å². The number of nitrogens with zero attached hydrogens (tertiary/aromatic N) is 2. The first-order valence-electron chi connectivity index (χ1n) is 12.2. The third-order valence-corrected chi connectivity index (χ3v) is 6.48. The Balaban J connectivity index is 1.82. The van der Waals surface area contributed by atoms with Gasteiger partial charge in [0.25, 0.3) is 0 Å². The maximum atomic E-state index is 12.4. The van der Waals surface area contributed by atoms with Crippen LogP contribution in [0.2, 0.25) is 0 Å². The van der Waals surface area contributed by atoms with E-state index in [1.54, 1.807) is 0 Å². The lowest BCUT2D eigenvalue weighted by atomic mass is 9.78. The van der Waals surface area contributed by atoms with Crippen LogP contribution in [0.4, 0.5) is 0 Å². The van der Waals surface area contributed by atoms with Gasteiger partial charge in [-0.05, 0) is 46.8 Å². The average molecular weight is 445 g/mol. The molecule has 2 rings (SSSR count). The highest BCUT2D eigenvalue weighted by Crippen LogP contribution is 2.39. The van der Waals surface area contributed by atoms with Gasteiger partial charge >= 0.3 is 0 Å². The Kier molecular flexibility index (Phi) is 8.78. The van der Waals surface area contributed by atoms with Crippen LogP contribution in [0.15, 0.2) is 12.1 Å². The van der Waals surface area contributed by atoms with E-state index < -0.39 is 0 Å². The van der Waals surface area contributed by atoms with E-state index >= 15 is 0 Å². The lowest BCUT2D eigenvalue weighted by Crippen LogP contribution is -2.25. The predicted molar refractivity (Wildman–Crippen MR) is 134 cm³/mol. The number of benzene rings is 1. The minimum absolute atomic E-state index is 0.109. The molecule has 180 valence electrons. The quantitative estimate of drug-likeness (QED) is 0.433. The summed E-state index contributed by atoms with van der Waals surface area (Å²) in [6.45, 7) is 15.7. The van der Waals surface area contributed by atoms with Gasteiger partial charge < -0.3 is 10.4 Å². The first-order valence-corrected chi connectivity index (χ1v) is 12.2. The summed E-state index contributed by atoms with van der Waals surface area (Å²) in [5, 5.41) is 13.9. The molecule has 0 atom stereocenters. The number of amidine groups is 1. The first kappa shape index (κ1) is 26.2. The fourth-order valence-electron chi connectivity index (χ4n) is 4.37. The number of phenols is 1. The van der Waals surface area contributed by atoms with Crippen LogP contribution >= 0.6 is 0 Å². The van der Waals surface area contributed by atoms with Crippen LogP contribution in [0, 0.1) is 0 Å². The third kappa shape index (κ3) is 7.25. The second kappa shape index (κ2) is 10.7. The number of nitrogens with one attached hydrogen (secondary N) is 1. The van der Waals surface area contributed by atoms with Crippen LogP contribution in [0.1, 0.15) is 90.3 Å². The van der Waals surface area contributed by atoms with E-state index in [9.17, 15) is 9.90 Å². The average Bonchev–Trinajstić information content (AvgIpc) is 2.99. The van der Waals surface area contributed by atoms with Crippen molar-refractivity contribution in [3.63, 3.8) is 0 Å². The molecule has 0 aliphatic carbocycles. The van der Waals surface area contributed by atoms with E-state index in [0.29, 0.717) is 18.6 Å². The number of carbonyl (C=O) groups excluding carboxylic acids is 1. The number of likely N-dealkylation sites (N-methyl/N-ethyl adjacent to an activating group) is 2. The van der Waals surface area contributed by atoms with Crippen LogP contribution in [-0.2, 0) is 22.0 Å². The molecule has 5 nitrogen and oxygen atoms in total. The van der Waals surface area contributed by atoms with Crippen molar-refractivity contribution in [2.75, 3.05) is 33.7 Å². The van der Waals surface area contributed by atoms with Gasteiger partial charge in [0.2, 0.25) is 11.7 Å². The highest BCUT2D eigenvalue weighted by Gasteiger charge is 2.26. The zero-order valence-electron chi connectivity index (χ0n) is 21.8. The SMILES string of the molecule is CN1CC[N+](C)=C1CCCCCNC(=O)CCc1cc(C(C)(C)C)c(O)c(C(C)(C)C)c1. The number of unbranched alkanes of at least 4 members (excludes halogenated alkanes) is 2. The number of phenolic OH excluding ortho intramolecular Hbond substituents is 1. The third-order valence-electron chi connectivity index (χ3n) is 6.48. The van der Waals surface area contributed by atoms with Crippen LogP contribution in [0.25, 0.3) is 0 Å². The summed E-state index contributed by atoms with van der Waals surface area (Å²) in [6, 6.07) is 4.15. The second-order valence-corrected chi connectivity index (χ2v) is 11.5. The van der Waals surface area contributed by atoms with Gasteiger partial charge in [-0.25, -0.2) is 0 Å². The number of hydrogen-bond donors (Lipinski definition) is 2. The van der Waals surface area contributed by atoms with E-state index in [-0.39, 0.29) is 16.7 Å². The molecule has 1 amide bonds. The molecule has 1 aromatic carbocycles. The van der Waals surface area contributed by atoms with Crippen molar-refractivity contribution < 1.29 is 14.5 Å². The predicted octanol–water partition coefficient (Wildman–Crippen LogP) is 4.58. The number of amides is 1. The molecule has 0 saturated heterocycles. The summed E-state index contributed by atoms with van der Waals surface area (Å²) in [5.41, 5.74) is 2.73. The van der Waals surface area contributed by atoms with Crippen molar-refractivity contribution in [3.05, 3.63) is 28.8 Å².